The SMILES string of the molecule is Fc1cc(F)c2nc(C3CCCCN3)[nH]c2c1. The first-order valence-corrected chi connectivity index (χ1v) is 5.82. The molecule has 5 heteroatoms. The molecule has 0 saturated carbocycles. The fraction of sp³-hybridized carbons (Fsp3) is 0.417. The summed E-state index contributed by atoms with van der Waals surface area (Å²) in [4.78, 5) is 7.21. The Bertz CT molecular complexity index is 544. The van der Waals surface area contributed by atoms with Gasteiger partial charge in [0.25, 0.3) is 0 Å². The van der Waals surface area contributed by atoms with Crippen LogP contribution in [0.25, 0.3) is 11.0 Å². The number of fused-ring (bicyclic) bond motifs is 1. The van der Waals surface area contributed by atoms with Gasteiger partial charge in [-0.25, -0.2) is 13.8 Å². The highest BCUT2D eigenvalue weighted by Crippen LogP contribution is 2.24. The van der Waals surface area contributed by atoms with Gasteiger partial charge in [-0.05, 0) is 25.5 Å². The summed E-state index contributed by atoms with van der Waals surface area (Å²) in [5.41, 5.74) is 0.638. The molecular formula is C12H13F2N3. The highest BCUT2D eigenvalue weighted by molar-refractivity contribution is 5.75. The van der Waals surface area contributed by atoms with E-state index in [-0.39, 0.29) is 11.6 Å². The zero-order chi connectivity index (χ0) is 11.8. The van der Waals surface area contributed by atoms with Gasteiger partial charge in [-0.15, -0.1) is 0 Å². The first-order chi connectivity index (χ1) is 8.24. The van der Waals surface area contributed by atoms with Crippen molar-refractivity contribution >= 4 is 11.0 Å². The average Bonchev–Trinajstić information content (AvgIpc) is 2.74. The maximum atomic E-state index is 13.5. The molecule has 2 N–H and O–H groups in total. The van der Waals surface area contributed by atoms with Crippen LogP contribution in [0.5, 0.6) is 0 Å². The molecule has 1 fully saturated rings. The van der Waals surface area contributed by atoms with Crippen LogP contribution in [0.4, 0.5) is 8.78 Å². The van der Waals surface area contributed by atoms with Gasteiger partial charge in [0.05, 0.1) is 11.6 Å². The number of nitrogens with one attached hydrogen (secondary N) is 2. The van der Waals surface area contributed by atoms with E-state index in [0.717, 1.165) is 31.9 Å². The first-order valence-electron chi connectivity index (χ1n) is 5.82. The molecule has 0 radical (unpaired) electrons. The van der Waals surface area contributed by atoms with Crippen LogP contribution in [-0.2, 0) is 0 Å². The van der Waals surface area contributed by atoms with Crippen LogP contribution >= 0.6 is 0 Å². The van der Waals surface area contributed by atoms with E-state index >= 15 is 0 Å². The molecule has 2 heterocycles. The summed E-state index contributed by atoms with van der Waals surface area (Å²) >= 11 is 0. The van der Waals surface area contributed by atoms with Crippen molar-refractivity contribution in [3.63, 3.8) is 0 Å². The monoisotopic (exact) mass is 237 g/mol. The van der Waals surface area contributed by atoms with E-state index in [1.165, 1.54) is 6.07 Å². The van der Waals surface area contributed by atoms with E-state index in [4.69, 9.17) is 0 Å². The molecule has 0 spiro atoms. The van der Waals surface area contributed by atoms with Gasteiger partial charge in [0.1, 0.15) is 17.2 Å². The molecule has 1 atom stereocenters. The van der Waals surface area contributed by atoms with E-state index in [0.29, 0.717) is 11.3 Å². The number of rotatable bonds is 1. The molecule has 2 aromatic rings. The van der Waals surface area contributed by atoms with Gasteiger partial charge in [0.15, 0.2) is 5.82 Å². The van der Waals surface area contributed by atoms with E-state index in [9.17, 15) is 8.78 Å². The number of halogens is 2. The molecule has 3 nitrogen and oxygen atoms in total. The van der Waals surface area contributed by atoms with Crippen LogP contribution in [0.2, 0.25) is 0 Å². The van der Waals surface area contributed by atoms with Crippen LogP contribution in [-0.4, -0.2) is 16.5 Å². The van der Waals surface area contributed by atoms with Gasteiger partial charge in [0, 0.05) is 6.07 Å². The first kappa shape index (κ1) is 10.7. The average molecular weight is 237 g/mol. The number of benzene rings is 1. The van der Waals surface area contributed by atoms with Crippen molar-refractivity contribution in [3.8, 4) is 0 Å². The molecule has 0 bridgehead atoms. The second-order valence-corrected chi connectivity index (χ2v) is 4.41. The summed E-state index contributed by atoms with van der Waals surface area (Å²) in [6, 6.07) is 2.26. The standard InChI is InChI=1S/C12H13F2N3/c13-7-5-8(14)11-10(6-7)16-12(17-11)9-3-1-2-4-15-9/h5-6,9,15H,1-4H2,(H,16,17). The van der Waals surface area contributed by atoms with Crippen molar-refractivity contribution in [1.29, 1.82) is 0 Å². The van der Waals surface area contributed by atoms with Crippen molar-refractivity contribution in [3.05, 3.63) is 29.6 Å². The molecule has 1 aliphatic rings. The minimum absolute atomic E-state index is 0.124. The third-order valence-electron chi connectivity index (χ3n) is 3.16. The number of hydrogen-bond acceptors (Lipinski definition) is 2. The number of H-pyrrole nitrogens is 1. The molecule has 1 aromatic heterocycles. The summed E-state index contributed by atoms with van der Waals surface area (Å²) < 4.78 is 26.5. The summed E-state index contributed by atoms with van der Waals surface area (Å²) in [6.07, 6.45) is 3.26. The Hall–Kier alpha value is -1.49. The molecule has 1 saturated heterocycles. The molecule has 17 heavy (non-hydrogen) atoms. The lowest BCUT2D eigenvalue weighted by molar-refractivity contribution is 0.400. The van der Waals surface area contributed by atoms with E-state index in [2.05, 4.69) is 15.3 Å². The van der Waals surface area contributed by atoms with Crippen molar-refractivity contribution in [1.82, 2.24) is 15.3 Å². The van der Waals surface area contributed by atoms with Crippen molar-refractivity contribution < 1.29 is 8.78 Å². The zero-order valence-electron chi connectivity index (χ0n) is 9.26. The fourth-order valence-electron chi connectivity index (χ4n) is 2.31. The highest BCUT2D eigenvalue weighted by atomic mass is 19.1. The Labute approximate surface area is 97.2 Å². The normalized spacial score (nSPS) is 20.9. The van der Waals surface area contributed by atoms with Crippen LogP contribution in [0.3, 0.4) is 0 Å². The van der Waals surface area contributed by atoms with E-state index < -0.39 is 11.6 Å². The second-order valence-electron chi connectivity index (χ2n) is 4.41. The minimum Gasteiger partial charge on any atom is -0.340 e. The molecule has 90 valence electrons. The van der Waals surface area contributed by atoms with Gasteiger partial charge in [0.2, 0.25) is 0 Å². The Morgan fingerprint density at radius 1 is 1.24 bits per heavy atom. The van der Waals surface area contributed by atoms with Crippen molar-refractivity contribution in [2.75, 3.05) is 6.54 Å². The van der Waals surface area contributed by atoms with Crippen molar-refractivity contribution in [2.24, 2.45) is 0 Å². The molecule has 1 aromatic carbocycles. The molecule has 3 rings (SSSR count). The van der Waals surface area contributed by atoms with Crippen LogP contribution < -0.4 is 5.32 Å². The second kappa shape index (κ2) is 4.07. The fourth-order valence-corrected chi connectivity index (χ4v) is 2.31. The Morgan fingerprint density at radius 2 is 2.12 bits per heavy atom. The largest absolute Gasteiger partial charge is 0.340 e. The predicted molar refractivity (Wildman–Crippen MR) is 60.6 cm³/mol. The zero-order valence-corrected chi connectivity index (χ0v) is 9.26. The number of imidazole rings is 1. The summed E-state index contributed by atoms with van der Waals surface area (Å²) in [7, 11) is 0. The lowest BCUT2D eigenvalue weighted by Gasteiger charge is -2.21. The van der Waals surface area contributed by atoms with Gasteiger partial charge in [-0.1, -0.05) is 6.42 Å². The van der Waals surface area contributed by atoms with Crippen LogP contribution in [0.15, 0.2) is 12.1 Å². The maximum absolute atomic E-state index is 13.5. The highest BCUT2D eigenvalue weighted by Gasteiger charge is 2.19. The Morgan fingerprint density at radius 3 is 2.88 bits per heavy atom. The quantitative estimate of drug-likeness (QED) is 0.800. The number of piperidine rings is 1. The van der Waals surface area contributed by atoms with Gasteiger partial charge < -0.3 is 10.3 Å². The van der Waals surface area contributed by atoms with Crippen LogP contribution in [0, 0.1) is 11.6 Å². The van der Waals surface area contributed by atoms with Gasteiger partial charge >= 0.3 is 0 Å². The lowest BCUT2D eigenvalue weighted by atomic mass is 10.0. The molecule has 0 amide bonds. The minimum atomic E-state index is -0.613. The topological polar surface area (TPSA) is 40.7 Å². The Balaban J connectivity index is 2.03. The third kappa shape index (κ3) is 1.91. The summed E-state index contributed by atoms with van der Waals surface area (Å²) in [5, 5.41) is 3.32. The maximum Gasteiger partial charge on any atom is 0.153 e. The van der Waals surface area contributed by atoms with Gasteiger partial charge in [-0.2, -0.15) is 0 Å². The lowest BCUT2D eigenvalue weighted by Crippen LogP contribution is -2.27. The molecule has 1 unspecified atom stereocenters. The van der Waals surface area contributed by atoms with Crippen molar-refractivity contribution in [2.45, 2.75) is 25.3 Å². The number of hydrogen-bond donors (Lipinski definition) is 2. The number of aromatic nitrogens is 2. The molecular weight excluding hydrogens is 224 g/mol. The number of nitrogens with zero attached hydrogens (tertiary/aromatic N) is 1. The third-order valence-corrected chi connectivity index (χ3v) is 3.16. The van der Waals surface area contributed by atoms with Gasteiger partial charge in [-0.3, -0.25) is 0 Å². The molecule has 1 aliphatic heterocycles. The Kier molecular flexibility index (Phi) is 2.55. The van der Waals surface area contributed by atoms with Crippen LogP contribution in [0.1, 0.15) is 31.1 Å². The van der Waals surface area contributed by atoms with E-state index in [1.807, 2.05) is 0 Å². The smallest absolute Gasteiger partial charge is 0.153 e. The van der Waals surface area contributed by atoms with E-state index in [1.54, 1.807) is 0 Å². The summed E-state index contributed by atoms with van der Waals surface area (Å²) in [5.74, 6) is -0.496. The molecule has 0 aliphatic carbocycles. The number of aromatic amines is 1. The predicted octanol–water partition coefficient (Wildman–Crippen LogP) is 2.66. The summed E-state index contributed by atoms with van der Waals surface area (Å²) in [6.45, 7) is 0.943.